The van der Waals surface area contributed by atoms with E-state index in [4.69, 9.17) is 5.11 Å². The van der Waals surface area contributed by atoms with Crippen molar-refractivity contribution in [3.05, 3.63) is 41.5 Å². The van der Waals surface area contributed by atoms with Crippen molar-refractivity contribution in [1.29, 1.82) is 0 Å². The highest BCUT2D eigenvalue weighted by Gasteiger charge is 2.16. The summed E-state index contributed by atoms with van der Waals surface area (Å²) in [7, 11) is 0. The first-order valence-corrected chi connectivity index (χ1v) is 5.77. The molecule has 0 atom stereocenters. The van der Waals surface area contributed by atoms with Gasteiger partial charge >= 0.3 is 5.97 Å². The van der Waals surface area contributed by atoms with Crippen LogP contribution >= 0.6 is 0 Å². The van der Waals surface area contributed by atoms with Crippen LogP contribution in [-0.2, 0) is 19.4 Å². The molecule has 2 aromatic rings. The Morgan fingerprint density at radius 2 is 2.33 bits per heavy atom. The molecule has 6 nitrogen and oxygen atoms in total. The van der Waals surface area contributed by atoms with Crippen LogP contribution in [0.25, 0.3) is 0 Å². The summed E-state index contributed by atoms with van der Waals surface area (Å²) in [4.78, 5) is 15.0. The molecule has 94 valence electrons. The fraction of sp³-hybridized carbons (Fsp3) is 0.333. The lowest BCUT2D eigenvalue weighted by Gasteiger charge is -2.04. The van der Waals surface area contributed by atoms with E-state index < -0.39 is 5.97 Å². The summed E-state index contributed by atoms with van der Waals surface area (Å²) in [6, 6.07) is 3.85. The van der Waals surface area contributed by atoms with Crippen molar-refractivity contribution in [1.82, 2.24) is 20.0 Å². The van der Waals surface area contributed by atoms with Crippen molar-refractivity contribution >= 4 is 5.97 Å². The number of aromatic nitrogens is 4. The maximum atomic E-state index is 10.9. The van der Waals surface area contributed by atoms with Gasteiger partial charge in [-0.1, -0.05) is 18.2 Å². The van der Waals surface area contributed by atoms with E-state index in [0.29, 0.717) is 18.7 Å². The number of aromatic carboxylic acids is 1. The van der Waals surface area contributed by atoms with Gasteiger partial charge in [-0.3, -0.25) is 4.98 Å². The Kier molecular flexibility index (Phi) is 3.66. The molecule has 0 fully saturated rings. The average Bonchev–Trinajstić information content (AvgIpc) is 2.80. The third-order valence-electron chi connectivity index (χ3n) is 2.71. The van der Waals surface area contributed by atoms with Gasteiger partial charge in [0.15, 0.2) is 5.69 Å². The van der Waals surface area contributed by atoms with Gasteiger partial charge in [-0.2, -0.15) is 0 Å². The maximum Gasteiger partial charge on any atom is 0.358 e. The van der Waals surface area contributed by atoms with Crippen LogP contribution in [0.1, 0.15) is 28.7 Å². The molecule has 0 saturated heterocycles. The minimum Gasteiger partial charge on any atom is -0.476 e. The number of hydrogen-bond acceptors (Lipinski definition) is 4. The Labute approximate surface area is 104 Å². The zero-order chi connectivity index (χ0) is 13.0. The van der Waals surface area contributed by atoms with E-state index in [-0.39, 0.29) is 5.69 Å². The van der Waals surface area contributed by atoms with Crippen LogP contribution in [0.4, 0.5) is 0 Å². The van der Waals surface area contributed by atoms with Gasteiger partial charge in [0, 0.05) is 18.9 Å². The average molecular weight is 246 g/mol. The number of pyridine rings is 1. The Morgan fingerprint density at radius 3 is 2.94 bits per heavy atom. The number of nitrogens with zero attached hydrogens (tertiary/aromatic N) is 4. The van der Waals surface area contributed by atoms with Gasteiger partial charge in [0.2, 0.25) is 0 Å². The van der Waals surface area contributed by atoms with Crippen LogP contribution in [0.5, 0.6) is 0 Å². The van der Waals surface area contributed by atoms with Gasteiger partial charge in [-0.05, 0) is 24.5 Å². The van der Waals surface area contributed by atoms with E-state index in [1.165, 1.54) is 0 Å². The maximum absolute atomic E-state index is 10.9. The van der Waals surface area contributed by atoms with Crippen LogP contribution in [0.2, 0.25) is 0 Å². The van der Waals surface area contributed by atoms with Crippen molar-refractivity contribution in [3.63, 3.8) is 0 Å². The minimum atomic E-state index is -1.03. The third-order valence-corrected chi connectivity index (χ3v) is 2.71. The van der Waals surface area contributed by atoms with Crippen molar-refractivity contribution in [2.24, 2.45) is 0 Å². The first-order valence-electron chi connectivity index (χ1n) is 5.77. The zero-order valence-electron chi connectivity index (χ0n) is 10.1. The fourth-order valence-electron chi connectivity index (χ4n) is 1.81. The molecular weight excluding hydrogens is 232 g/mol. The summed E-state index contributed by atoms with van der Waals surface area (Å²) < 4.78 is 1.65. The second-order valence-corrected chi connectivity index (χ2v) is 3.88. The summed E-state index contributed by atoms with van der Waals surface area (Å²) >= 11 is 0. The normalized spacial score (nSPS) is 10.5. The van der Waals surface area contributed by atoms with Gasteiger partial charge in [0.25, 0.3) is 0 Å². The molecule has 0 radical (unpaired) electrons. The predicted octanol–water partition coefficient (Wildman–Crippen LogP) is 1.18. The molecule has 6 heteroatoms. The van der Waals surface area contributed by atoms with Gasteiger partial charge in [0.1, 0.15) is 0 Å². The lowest BCUT2D eigenvalue weighted by molar-refractivity contribution is 0.0689. The largest absolute Gasteiger partial charge is 0.476 e. The predicted molar refractivity (Wildman–Crippen MR) is 64.3 cm³/mol. The monoisotopic (exact) mass is 246 g/mol. The standard InChI is InChI=1S/C12H14N4O2/c1-2-10-11(12(17)18)14-15-16(10)7-5-9-4-3-6-13-8-9/h3-4,6,8H,2,5,7H2,1H3,(H,17,18). The van der Waals surface area contributed by atoms with Crippen LogP contribution < -0.4 is 0 Å². The molecule has 2 heterocycles. The number of rotatable bonds is 5. The molecule has 0 spiro atoms. The summed E-state index contributed by atoms with van der Waals surface area (Å²) in [6.45, 7) is 2.50. The summed E-state index contributed by atoms with van der Waals surface area (Å²) in [5.74, 6) is -1.03. The molecule has 0 aliphatic rings. The summed E-state index contributed by atoms with van der Waals surface area (Å²) in [5.41, 5.74) is 1.79. The van der Waals surface area contributed by atoms with Crippen molar-refractivity contribution in [2.45, 2.75) is 26.3 Å². The lowest BCUT2D eigenvalue weighted by atomic mass is 10.2. The number of carbonyl (C=O) groups is 1. The highest BCUT2D eigenvalue weighted by molar-refractivity contribution is 5.86. The molecule has 0 aliphatic carbocycles. The molecule has 2 rings (SSSR count). The van der Waals surface area contributed by atoms with E-state index >= 15 is 0 Å². The van der Waals surface area contributed by atoms with Crippen LogP contribution in [0.15, 0.2) is 24.5 Å². The first-order chi connectivity index (χ1) is 8.72. The van der Waals surface area contributed by atoms with E-state index in [1.807, 2.05) is 19.1 Å². The smallest absolute Gasteiger partial charge is 0.358 e. The van der Waals surface area contributed by atoms with Gasteiger partial charge in [-0.15, -0.1) is 5.10 Å². The topological polar surface area (TPSA) is 80.9 Å². The Morgan fingerprint density at radius 1 is 1.50 bits per heavy atom. The van der Waals surface area contributed by atoms with E-state index in [2.05, 4.69) is 15.3 Å². The van der Waals surface area contributed by atoms with Gasteiger partial charge < -0.3 is 5.11 Å². The highest BCUT2D eigenvalue weighted by atomic mass is 16.4. The Hall–Kier alpha value is -2.24. The minimum absolute atomic E-state index is 0.0451. The highest BCUT2D eigenvalue weighted by Crippen LogP contribution is 2.08. The Bertz CT molecular complexity index is 536. The van der Waals surface area contributed by atoms with E-state index in [0.717, 1.165) is 12.0 Å². The van der Waals surface area contributed by atoms with Crippen molar-refractivity contribution in [3.8, 4) is 0 Å². The summed E-state index contributed by atoms with van der Waals surface area (Å²) in [5, 5.41) is 16.6. The number of carboxylic acids is 1. The molecule has 0 aliphatic heterocycles. The van der Waals surface area contributed by atoms with E-state index in [9.17, 15) is 4.79 Å². The molecule has 1 N–H and O–H groups in total. The van der Waals surface area contributed by atoms with Crippen molar-refractivity contribution in [2.75, 3.05) is 0 Å². The van der Waals surface area contributed by atoms with Gasteiger partial charge in [-0.25, -0.2) is 9.48 Å². The molecule has 0 saturated carbocycles. The number of carboxylic acid groups (broad SMARTS) is 1. The molecule has 18 heavy (non-hydrogen) atoms. The first kappa shape index (κ1) is 12.2. The Balaban J connectivity index is 2.12. The van der Waals surface area contributed by atoms with E-state index in [1.54, 1.807) is 17.1 Å². The molecule has 2 aromatic heterocycles. The molecule has 0 unspecified atom stereocenters. The molecule has 0 aromatic carbocycles. The van der Waals surface area contributed by atoms with Gasteiger partial charge in [0.05, 0.1) is 5.69 Å². The molecule has 0 bridgehead atoms. The second kappa shape index (κ2) is 5.39. The molecular formula is C12H14N4O2. The second-order valence-electron chi connectivity index (χ2n) is 3.88. The number of aryl methyl sites for hydroxylation is 2. The number of hydrogen-bond donors (Lipinski definition) is 1. The van der Waals surface area contributed by atoms with Crippen molar-refractivity contribution < 1.29 is 9.90 Å². The van der Waals surface area contributed by atoms with Crippen LogP contribution in [-0.4, -0.2) is 31.1 Å². The van der Waals surface area contributed by atoms with Crippen LogP contribution in [0, 0.1) is 0 Å². The summed E-state index contributed by atoms with van der Waals surface area (Å²) in [6.07, 6.45) is 4.87. The fourth-order valence-corrected chi connectivity index (χ4v) is 1.81. The lowest BCUT2D eigenvalue weighted by Crippen LogP contribution is -2.09. The zero-order valence-corrected chi connectivity index (χ0v) is 10.1. The quantitative estimate of drug-likeness (QED) is 0.856. The molecule has 0 amide bonds. The van der Waals surface area contributed by atoms with Crippen LogP contribution in [0.3, 0.4) is 0 Å². The third kappa shape index (κ3) is 2.53. The SMILES string of the molecule is CCc1c(C(=O)O)nnn1CCc1cccnc1.